The standard InChI is InChI=1S/C27H26N2O7S/c1-18-23(28-26(35-18)24-4-3-15-37-24)13-14-34-21-7-5-19(6-8-21)16-29(17-25(30)31)27(32)36-22-11-9-20(33-2)10-12-22/h3-12,15H,13-14,16-17H2,1-2H3,(H,30,31). The number of carbonyl (C=O) groups excluding carboxylic acids is 1. The summed E-state index contributed by atoms with van der Waals surface area (Å²) in [6, 6.07) is 17.5. The zero-order valence-corrected chi connectivity index (χ0v) is 21.2. The molecule has 0 radical (unpaired) electrons. The second-order valence-corrected chi connectivity index (χ2v) is 8.98. The number of hydrogen-bond acceptors (Lipinski definition) is 8. The van der Waals surface area contributed by atoms with E-state index in [4.69, 9.17) is 18.6 Å². The molecule has 2 aromatic heterocycles. The number of carbonyl (C=O) groups is 2. The molecule has 0 bridgehead atoms. The SMILES string of the molecule is COc1ccc(OC(=O)N(CC(=O)O)Cc2ccc(OCCc3nc(-c4cccs4)oc3C)cc2)cc1. The number of rotatable bonds is 11. The van der Waals surface area contributed by atoms with Gasteiger partial charge in [-0.05, 0) is 60.3 Å². The Hall–Kier alpha value is -4.31. The number of oxazole rings is 1. The van der Waals surface area contributed by atoms with Crippen LogP contribution < -0.4 is 14.2 Å². The minimum absolute atomic E-state index is 0.0607. The Morgan fingerprint density at radius 2 is 1.73 bits per heavy atom. The molecule has 0 unspecified atom stereocenters. The van der Waals surface area contributed by atoms with Crippen molar-refractivity contribution in [1.29, 1.82) is 0 Å². The summed E-state index contributed by atoms with van der Waals surface area (Å²) in [7, 11) is 1.53. The van der Waals surface area contributed by atoms with Gasteiger partial charge in [-0.1, -0.05) is 18.2 Å². The van der Waals surface area contributed by atoms with Gasteiger partial charge in [0.1, 0.15) is 29.6 Å². The summed E-state index contributed by atoms with van der Waals surface area (Å²) in [6.45, 7) is 1.86. The number of ether oxygens (including phenoxy) is 3. The number of aliphatic carboxylic acids is 1. The van der Waals surface area contributed by atoms with Gasteiger partial charge in [0.2, 0.25) is 5.89 Å². The molecule has 2 aromatic carbocycles. The normalized spacial score (nSPS) is 10.6. The van der Waals surface area contributed by atoms with Gasteiger partial charge in [-0.25, -0.2) is 9.78 Å². The van der Waals surface area contributed by atoms with Gasteiger partial charge in [0.15, 0.2) is 0 Å². The van der Waals surface area contributed by atoms with E-state index >= 15 is 0 Å². The first-order valence-corrected chi connectivity index (χ1v) is 12.3. The summed E-state index contributed by atoms with van der Waals surface area (Å²) >= 11 is 1.57. The highest BCUT2D eigenvalue weighted by Crippen LogP contribution is 2.26. The Morgan fingerprint density at radius 3 is 2.38 bits per heavy atom. The van der Waals surface area contributed by atoms with Crippen molar-refractivity contribution < 1.29 is 33.3 Å². The van der Waals surface area contributed by atoms with Crippen molar-refractivity contribution in [2.24, 2.45) is 0 Å². The van der Waals surface area contributed by atoms with Crippen molar-refractivity contribution in [1.82, 2.24) is 9.88 Å². The van der Waals surface area contributed by atoms with Crippen LogP contribution in [0, 0.1) is 6.92 Å². The summed E-state index contributed by atoms with van der Waals surface area (Å²) in [6.07, 6.45) is -0.177. The number of hydrogen-bond donors (Lipinski definition) is 1. The molecule has 1 N–H and O–H groups in total. The van der Waals surface area contributed by atoms with Crippen molar-refractivity contribution in [2.45, 2.75) is 19.9 Å². The molecule has 1 amide bonds. The van der Waals surface area contributed by atoms with Gasteiger partial charge >= 0.3 is 12.1 Å². The second-order valence-electron chi connectivity index (χ2n) is 8.03. The van der Waals surface area contributed by atoms with E-state index in [9.17, 15) is 14.7 Å². The minimum atomic E-state index is -1.14. The average molecular weight is 523 g/mol. The summed E-state index contributed by atoms with van der Waals surface area (Å²) in [5, 5.41) is 11.2. The van der Waals surface area contributed by atoms with E-state index < -0.39 is 18.6 Å². The maximum atomic E-state index is 12.6. The van der Waals surface area contributed by atoms with Crippen LogP contribution in [-0.2, 0) is 17.8 Å². The number of benzene rings is 2. The highest BCUT2D eigenvalue weighted by atomic mass is 32.1. The van der Waals surface area contributed by atoms with E-state index in [1.54, 1.807) is 59.9 Å². The molecule has 0 atom stereocenters. The number of aryl methyl sites for hydroxylation is 1. The fraction of sp³-hybridized carbons (Fsp3) is 0.222. The first-order chi connectivity index (χ1) is 17.9. The maximum Gasteiger partial charge on any atom is 0.416 e. The van der Waals surface area contributed by atoms with Crippen LogP contribution in [0.2, 0.25) is 0 Å². The van der Waals surface area contributed by atoms with Crippen LogP contribution in [0.15, 0.2) is 70.5 Å². The summed E-state index contributed by atoms with van der Waals surface area (Å²) in [5.41, 5.74) is 1.58. The largest absolute Gasteiger partial charge is 0.497 e. The smallest absolute Gasteiger partial charge is 0.416 e. The molecule has 0 spiro atoms. The number of aromatic nitrogens is 1. The quantitative estimate of drug-likeness (QED) is 0.278. The molecule has 0 saturated carbocycles. The third-order valence-electron chi connectivity index (χ3n) is 5.38. The highest BCUT2D eigenvalue weighted by Gasteiger charge is 2.20. The van der Waals surface area contributed by atoms with Gasteiger partial charge in [-0.3, -0.25) is 9.69 Å². The summed E-state index contributed by atoms with van der Waals surface area (Å²) in [5.74, 6) is 1.79. The fourth-order valence-electron chi connectivity index (χ4n) is 3.50. The topological polar surface area (TPSA) is 111 Å². The number of carboxylic acid groups (broad SMARTS) is 1. The Kier molecular flexibility index (Phi) is 8.42. The lowest BCUT2D eigenvalue weighted by Gasteiger charge is -2.20. The molecule has 0 saturated heterocycles. The lowest BCUT2D eigenvalue weighted by atomic mass is 10.2. The van der Waals surface area contributed by atoms with Crippen LogP contribution in [0.3, 0.4) is 0 Å². The van der Waals surface area contributed by atoms with E-state index in [1.807, 2.05) is 24.4 Å². The van der Waals surface area contributed by atoms with Crippen molar-refractivity contribution >= 4 is 23.4 Å². The van der Waals surface area contributed by atoms with E-state index in [1.165, 1.54) is 7.11 Å². The second kappa shape index (κ2) is 12.1. The van der Waals surface area contributed by atoms with E-state index in [0.717, 1.165) is 26.8 Å². The number of thiophene rings is 1. The van der Waals surface area contributed by atoms with Crippen LogP contribution in [0.1, 0.15) is 17.0 Å². The lowest BCUT2D eigenvalue weighted by Crippen LogP contribution is -2.37. The average Bonchev–Trinajstić information content (AvgIpc) is 3.55. The summed E-state index contributed by atoms with van der Waals surface area (Å²) < 4.78 is 22.0. The number of methoxy groups -OCH3 is 1. The van der Waals surface area contributed by atoms with Gasteiger partial charge in [0, 0.05) is 13.0 Å². The first kappa shape index (κ1) is 25.8. The van der Waals surface area contributed by atoms with Crippen LogP contribution in [0.25, 0.3) is 10.8 Å². The van der Waals surface area contributed by atoms with Crippen molar-refractivity contribution in [3.8, 4) is 28.0 Å². The lowest BCUT2D eigenvalue weighted by molar-refractivity contribution is -0.138. The molecular formula is C27H26N2O7S. The third kappa shape index (κ3) is 7.11. The minimum Gasteiger partial charge on any atom is -0.497 e. The van der Waals surface area contributed by atoms with Crippen LogP contribution in [0.5, 0.6) is 17.2 Å². The van der Waals surface area contributed by atoms with Gasteiger partial charge in [0.25, 0.3) is 0 Å². The van der Waals surface area contributed by atoms with E-state index in [-0.39, 0.29) is 12.3 Å². The van der Waals surface area contributed by atoms with Crippen molar-refractivity contribution in [3.63, 3.8) is 0 Å². The molecule has 9 nitrogen and oxygen atoms in total. The molecule has 192 valence electrons. The molecule has 4 rings (SSSR count). The number of nitrogens with zero attached hydrogens (tertiary/aromatic N) is 2. The molecule has 0 aliphatic carbocycles. The molecule has 37 heavy (non-hydrogen) atoms. The molecule has 2 heterocycles. The third-order valence-corrected chi connectivity index (χ3v) is 6.24. The number of amides is 1. The van der Waals surface area contributed by atoms with Crippen molar-refractivity contribution in [3.05, 3.63) is 83.1 Å². The van der Waals surface area contributed by atoms with Crippen LogP contribution in [0.4, 0.5) is 4.79 Å². The molecule has 10 heteroatoms. The Morgan fingerprint density at radius 1 is 1.03 bits per heavy atom. The molecular weight excluding hydrogens is 496 g/mol. The Balaban J connectivity index is 1.31. The molecule has 0 aliphatic rings. The van der Waals surface area contributed by atoms with Crippen LogP contribution >= 0.6 is 11.3 Å². The monoisotopic (exact) mass is 522 g/mol. The predicted octanol–water partition coefficient (Wildman–Crippen LogP) is 5.43. The van der Waals surface area contributed by atoms with Gasteiger partial charge in [-0.15, -0.1) is 11.3 Å². The Bertz CT molecular complexity index is 1320. The first-order valence-electron chi connectivity index (χ1n) is 11.5. The zero-order chi connectivity index (χ0) is 26.2. The van der Waals surface area contributed by atoms with Crippen molar-refractivity contribution in [2.75, 3.05) is 20.3 Å². The highest BCUT2D eigenvalue weighted by molar-refractivity contribution is 7.13. The van der Waals surface area contributed by atoms with E-state index in [2.05, 4.69) is 4.98 Å². The molecule has 4 aromatic rings. The fourth-order valence-corrected chi connectivity index (χ4v) is 4.15. The predicted molar refractivity (Wildman–Crippen MR) is 137 cm³/mol. The van der Waals surface area contributed by atoms with Crippen LogP contribution in [-0.4, -0.2) is 47.3 Å². The summed E-state index contributed by atoms with van der Waals surface area (Å²) in [4.78, 5) is 30.6. The zero-order valence-electron chi connectivity index (χ0n) is 20.4. The van der Waals surface area contributed by atoms with Gasteiger partial charge < -0.3 is 23.7 Å². The molecule has 0 fully saturated rings. The maximum absolute atomic E-state index is 12.6. The number of carboxylic acids is 1. The van der Waals surface area contributed by atoms with Gasteiger partial charge in [-0.2, -0.15) is 0 Å². The Labute approximate surface area is 217 Å². The van der Waals surface area contributed by atoms with E-state index in [0.29, 0.717) is 30.4 Å². The van der Waals surface area contributed by atoms with Gasteiger partial charge in [0.05, 0.1) is 24.3 Å². The molecule has 0 aliphatic heterocycles.